The van der Waals surface area contributed by atoms with Crippen molar-refractivity contribution in [3.63, 3.8) is 0 Å². The average molecular weight is 813 g/mol. The van der Waals surface area contributed by atoms with Gasteiger partial charge in [-0.2, -0.15) is 0 Å². The van der Waals surface area contributed by atoms with E-state index in [1.807, 2.05) is 0 Å². The highest BCUT2D eigenvalue weighted by molar-refractivity contribution is 5.71. The molecule has 0 aromatic rings. The SMILES string of the molecule is CCCCC/C=C\CCCCCCCC(=O)OCC(COC(=O)CCCCCCC/C=C\C/C=C\CCCCCC)OC(=O)CCCCCCC/C=C\CCCCC. The summed E-state index contributed by atoms with van der Waals surface area (Å²) >= 11 is 0. The molecule has 0 saturated heterocycles. The molecule has 1 atom stereocenters. The Morgan fingerprint density at radius 2 is 0.621 bits per heavy atom. The van der Waals surface area contributed by atoms with Gasteiger partial charge in [0, 0.05) is 19.3 Å². The number of unbranched alkanes of at least 4 members (excludes halogenated alkanes) is 25. The second kappa shape index (κ2) is 47.1. The summed E-state index contributed by atoms with van der Waals surface area (Å²) in [6, 6.07) is 0. The summed E-state index contributed by atoms with van der Waals surface area (Å²) in [5, 5.41) is 0. The van der Waals surface area contributed by atoms with E-state index in [4.69, 9.17) is 14.2 Å². The van der Waals surface area contributed by atoms with Gasteiger partial charge in [0.15, 0.2) is 6.10 Å². The number of esters is 3. The van der Waals surface area contributed by atoms with Crippen molar-refractivity contribution in [1.29, 1.82) is 0 Å². The predicted octanol–water partition coefficient (Wildman–Crippen LogP) is 15.9. The molecule has 0 spiro atoms. The Labute approximate surface area is 358 Å². The minimum atomic E-state index is -0.783. The highest BCUT2D eigenvalue weighted by atomic mass is 16.6. The number of carbonyl (C=O) groups is 3. The summed E-state index contributed by atoms with van der Waals surface area (Å²) < 4.78 is 16.7. The van der Waals surface area contributed by atoms with Crippen molar-refractivity contribution >= 4 is 17.9 Å². The molecule has 0 aromatic heterocycles. The first-order chi connectivity index (χ1) is 28.5. The Morgan fingerprint density at radius 3 is 1.00 bits per heavy atom. The van der Waals surface area contributed by atoms with Crippen LogP contribution in [0, 0.1) is 0 Å². The van der Waals surface area contributed by atoms with Crippen molar-refractivity contribution in [2.24, 2.45) is 0 Å². The van der Waals surface area contributed by atoms with E-state index in [1.165, 1.54) is 109 Å². The maximum absolute atomic E-state index is 12.7. The largest absolute Gasteiger partial charge is 0.462 e. The molecule has 0 heterocycles. The number of carbonyl (C=O) groups excluding carboxylic acids is 3. The molecule has 0 amide bonds. The molecular formula is C52H92O6. The Morgan fingerprint density at radius 1 is 0.345 bits per heavy atom. The fourth-order valence-electron chi connectivity index (χ4n) is 6.75. The maximum atomic E-state index is 12.7. The van der Waals surface area contributed by atoms with Gasteiger partial charge in [-0.15, -0.1) is 0 Å². The van der Waals surface area contributed by atoms with Gasteiger partial charge >= 0.3 is 17.9 Å². The monoisotopic (exact) mass is 813 g/mol. The van der Waals surface area contributed by atoms with E-state index in [0.717, 1.165) is 96.3 Å². The van der Waals surface area contributed by atoms with Gasteiger partial charge in [-0.05, 0) is 103 Å². The molecule has 6 nitrogen and oxygen atoms in total. The molecule has 58 heavy (non-hydrogen) atoms. The van der Waals surface area contributed by atoms with Crippen LogP contribution < -0.4 is 0 Å². The molecular weight excluding hydrogens is 721 g/mol. The lowest BCUT2D eigenvalue weighted by atomic mass is 10.1. The molecule has 0 rings (SSSR count). The lowest BCUT2D eigenvalue weighted by molar-refractivity contribution is -0.167. The van der Waals surface area contributed by atoms with Crippen molar-refractivity contribution in [2.75, 3.05) is 13.2 Å². The molecule has 1 unspecified atom stereocenters. The third kappa shape index (κ3) is 44.5. The van der Waals surface area contributed by atoms with Crippen LogP contribution in [0.4, 0.5) is 0 Å². The normalized spacial score (nSPS) is 12.4. The lowest BCUT2D eigenvalue weighted by Gasteiger charge is -2.18. The minimum absolute atomic E-state index is 0.0851. The van der Waals surface area contributed by atoms with E-state index in [-0.39, 0.29) is 31.1 Å². The predicted molar refractivity (Wildman–Crippen MR) is 247 cm³/mol. The fourth-order valence-corrected chi connectivity index (χ4v) is 6.75. The van der Waals surface area contributed by atoms with Gasteiger partial charge < -0.3 is 14.2 Å². The minimum Gasteiger partial charge on any atom is -0.462 e. The summed E-state index contributed by atoms with van der Waals surface area (Å²) in [7, 11) is 0. The second-order valence-electron chi connectivity index (χ2n) is 16.4. The topological polar surface area (TPSA) is 78.9 Å². The Balaban J connectivity index is 4.40. The zero-order valence-corrected chi connectivity index (χ0v) is 38.3. The number of allylic oxidation sites excluding steroid dienone is 8. The van der Waals surface area contributed by atoms with Crippen molar-refractivity contribution in [1.82, 2.24) is 0 Å². The van der Waals surface area contributed by atoms with Gasteiger partial charge in [0.1, 0.15) is 13.2 Å². The highest BCUT2D eigenvalue weighted by Crippen LogP contribution is 2.13. The van der Waals surface area contributed by atoms with Gasteiger partial charge in [0.2, 0.25) is 0 Å². The van der Waals surface area contributed by atoms with Crippen molar-refractivity contribution in [3.05, 3.63) is 48.6 Å². The smallest absolute Gasteiger partial charge is 0.306 e. The number of hydrogen-bond acceptors (Lipinski definition) is 6. The molecule has 0 fully saturated rings. The molecule has 0 saturated carbocycles. The van der Waals surface area contributed by atoms with Crippen LogP contribution in [0.2, 0.25) is 0 Å². The van der Waals surface area contributed by atoms with Crippen LogP contribution in [-0.4, -0.2) is 37.2 Å². The van der Waals surface area contributed by atoms with Gasteiger partial charge in [0.25, 0.3) is 0 Å². The number of hydrogen-bond donors (Lipinski definition) is 0. The molecule has 0 aliphatic rings. The molecule has 0 aliphatic heterocycles. The Bertz CT molecular complexity index is 1030. The summed E-state index contributed by atoms with van der Waals surface area (Å²) in [5.41, 5.74) is 0. The third-order valence-electron chi connectivity index (χ3n) is 10.5. The summed E-state index contributed by atoms with van der Waals surface area (Å²) in [6.07, 6.45) is 55.1. The molecule has 0 aromatic carbocycles. The van der Waals surface area contributed by atoms with E-state index in [9.17, 15) is 14.4 Å². The molecule has 0 aliphatic carbocycles. The summed E-state index contributed by atoms with van der Waals surface area (Å²) in [6.45, 7) is 6.54. The van der Waals surface area contributed by atoms with Crippen LogP contribution in [0.25, 0.3) is 0 Å². The van der Waals surface area contributed by atoms with Gasteiger partial charge in [-0.25, -0.2) is 0 Å². The van der Waals surface area contributed by atoms with Crippen LogP contribution in [0.5, 0.6) is 0 Å². The van der Waals surface area contributed by atoms with Crippen LogP contribution in [0.15, 0.2) is 48.6 Å². The fraction of sp³-hybridized carbons (Fsp3) is 0.788. The van der Waals surface area contributed by atoms with Crippen molar-refractivity contribution in [2.45, 2.75) is 252 Å². The lowest BCUT2D eigenvalue weighted by Crippen LogP contribution is -2.30. The van der Waals surface area contributed by atoms with E-state index < -0.39 is 6.10 Å². The quantitative estimate of drug-likeness (QED) is 0.0264. The number of rotatable bonds is 44. The van der Waals surface area contributed by atoms with Crippen LogP contribution in [0.1, 0.15) is 245 Å². The molecule has 6 heteroatoms. The van der Waals surface area contributed by atoms with Crippen LogP contribution in [-0.2, 0) is 28.6 Å². The summed E-state index contributed by atoms with van der Waals surface area (Å²) in [4.78, 5) is 37.8. The average Bonchev–Trinajstić information content (AvgIpc) is 3.22. The van der Waals surface area contributed by atoms with Crippen molar-refractivity contribution in [3.8, 4) is 0 Å². The molecule has 0 N–H and O–H groups in total. The zero-order chi connectivity index (χ0) is 42.3. The van der Waals surface area contributed by atoms with E-state index in [0.29, 0.717) is 19.3 Å². The Hall–Kier alpha value is -2.63. The van der Waals surface area contributed by atoms with Crippen molar-refractivity contribution < 1.29 is 28.6 Å². The van der Waals surface area contributed by atoms with E-state index >= 15 is 0 Å². The third-order valence-corrected chi connectivity index (χ3v) is 10.5. The first-order valence-corrected chi connectivity index (χ1v) is 24.6. The van der Waals surface area contributed by atoms with Gasteiger partial charge in [0.05, 0.1) is 0 Å². The maximum Gasteiger partial charge on any atom is 0.306 e. The first-order valence-electron chi connectivity index (χ1n) is 24.6. The van der Waals surface area contributed by atoms with E-state index in [2.05, 4.69) is 69.4 Å². The van der Waals surface area contributed by atoms with Gasteiger partial charge in [-0.3, -0.25) is 14.4 Å². The Kier molecular flexibility index (Phi) is 44.9. The second-order valence-corrected chi connectivity index (χ2v) is 16.4. The summed E-state index contributed by atoms with van der Waals surface area (Å²) in [5.74, 6) is -0.915. The zero-order valence-electron chi connectivity index (χ0n) is 38.3. The molecule has 336 valence electrons. The highest BCUT2D eigenvalue weighted by Gasteiger charge is 2.19. The van der Waals surface area contributed by atoms with E-state index in [1.54, 1.807) is 0 Å². The number of ether oxygens (including phenoxy) is 3. The van der Waals surface area contributed by atoms with Crippen LogP contribution >= 0.6 is 0 Å². The first kappa shape index (κ1) is 55.4. The molecule has 0 radical (unpaired) electrons. The standard InChI is InChI=1S/C52H92O6/c1-4-7-10-13-16-19-22-25-26-27-28-31-33-36-39-42-45-51(54)57-48-49(58-52(55)46-43-40-37-34-30-24-21-18-15-12-9-6-3)47-56-50(53)44-41-38-35-32-29-23-20-17-14-11-8-5-2/h17-22,26-27,49H,4-16,23-25,28-48H2,1-3H3/b20-17-,21-18-,22-19-,27-26-. The van der Waals surface area contributed by atoms with Gasteiger partial charge in [-0.1, -0.05) is 172 Å². The molecule has 0 bridgehead atoms. The van der Waals surface area contributed by atoms with Crippen LogP contribution in [0.3, 0.4) is 0 Å².